The van der Waals surface area contributed by atoms with Crippen LogP contribution < -0.4 is 10.0 Å². The highest BCUT2D eigenvalue weighted by Gasteiger charge is 2.16. The maximum atomic E-state index is 12.2. The van der Waals surface area contributed by atoms with E-state index in [0.29, 0.717) is 11.6 Å². The number of benzene rings is 2. The average molecular weight is 447 g/mol. The predicted octanol–water partition coefficient (Wildman–Crippen LogP) is 2.34. The van der Waals surface area contributed by atoms with Crippen molar-refractivity contribution in [3.05, 3.63) is 75.3 Å². The Morgan fingerprint density at radius 3 is 2.43 bits per heavy atom. The van der Waals surface area contributed by atoms with Crippen molar-refractivity contribution in [2.24, 2.45) is 0 Å². The van der Waals surface area contributed by atoms with Gasteiger partial charge in [0.1, 0.15) is 5.01 Å². The highest BCUT2D eigenvalue weighted by molar-refractivity contribution is 7.89. The zero-order valence-electron chi connectivity index (χ0n) is 15.5. The molecule has 0 saturated heterocycles. The van der Waals surface area contributed by atoms with Crippen molar-refractivity contribution in [2.75, 3.05) is 11.9 Å². The molecular weight excluding hydrogens is 430 g/mol. The minimum absolute atomic E-state index is 0.111. The van der Waals surface area contributed by atoms with Gasteiger partial charge in [-0.2, -0.15) is 0 Å². The van der Waals surface area contributed by atoms with Crippen LogP contribution in [0.25, 0.3) is 0 Å². The van der Waals surface area contributed by atoms with E-state index in [1.54, 1.807) is 0 Å². The first-order valence-corrected chi connectivity index (χ1v) is 11.0. The molecule has 3 aromatic rings. The van der Waals surface area contributed by atoms with E-state index in [1.165, 1.54) is 11.3 Å². The molecule has 0 fully saturated rings. The van der Waals surface area contributed by atoms with Crippen molar-refractivity contribution < 1.29 is 18.1 Å². The van der Waals surface area contributed by atoms with Crippen LogP contribution in [0.3, 0.4) is 0 Å². The van der Waals surface area contributed by atoms with Gasteiger partial charge in [-0.3, -0.25) is 14.9 Å². The zero-order chi connectivity index (χ0) is 21.6. The number of nitrogens with zero attached hydrogens (tertiary/aromatic N) is 3. The first kappa shape index (κ1) is 21.5. The second kappa shape index (κ2) is 9.52. The molecule has 0 spiro atoms. The third kappa shape index (κ3) is 5.89. The van der Waals surface area contributed by atoms with E-state index in [0.717, 1.165) is 34.8 Å². The predicted molar refractivity (Wildman–Crippen MR) is 111 cm³/mol. The maximum Gasteiger partial charge on any atom is 0.269 e. The summed E-state index contributed by atoms with van der Waals surface area (Å²) in [6, 6.07) is 14.2. The number of anilines is 1. The highest BCUT2D eigenvalue weighted by Crippen LogP contribution is 2.19. The molecule has 10 nitrogen and oxygen atoms in total. The molecule has 0 radical (unpaired) electrons. The lowest BCUT2D eigenvalue weighted by atomic mass is 10.2. The highest BCUT2D eigenvalue weighted by atomic mass is 32.2. The van der Waals surface area contributed by atoms with E-state index < -0.39 is 20.9 Å². The van der Waals surface area contributed by atoms with Gasteiger partial charge in [0.05, 0.1) is 9.82 Å². The van der Waals surface area contributed by atoms with Crippen LogP contribution in [0.1, 0.15) is 17.0 Å². The van der Waals surface area contributed by atoms with E-state index in [4.69, 9.17) is 0 Å². The van der Waals surface area contributed by atoms with E-state index in [-0.39, 0.29) is 23.5 Å². The minimum atomic E-state index is -3.88. The minimum Gasteiger partial charge on any atom is -0.300 e. The van der Waals surface area contributed by atoms with E-state index in [1.807, 2.05) is 30.3 Å². The van der Waals surface area contributed by atoms with Gasteiger partial charge in [0, 0.05) is 31.5 Å². The van der Waals surface area contributed by atoms with E-state index in [9.17, 15) is 23.3 Å². The van der Waals surface area contributed by atoms with Crippen LogP contribution in [-0.2, 0) is 21.2 Å². The summed E-state index contributed by atoms with van der Waals surface area (Å²) in [5.41, 5.74) is 0.865. The number of nitro benzene ring substituents is 1. The molecule has 156 valence electrons. The van der Waals surface area contributed by atoms with E-state index >= 15 is 0 Å². The molecular formula is C18H17N5O5S2. The number of carbonyl (C=O) groups is 1. The average Bonchev–Trinajstić information content (AvgIpc) is 3.15. The summed E-state index contributed by atoms with van der Waals surface area (Å²) in [5, 5.41) is 22.3. The lowest BCUT2D eigenvalue weighted by Gasteiger charge is -2.06. The van der Waals surface area contributed by atoms with Crippen molar-refractivity contribution in [1.29, 1.82) is 0 Å². The number of hydrogen-bond acceptors (Lipinski definition) is 8. The summed E-state index contributed by atoms with van der Waals surface area (Å²) in [5.74, 6) is -0.413. The standard InChI is InChI=1S/C18H17N5O5S2/c24-16(20-18-22-21-17(29-18)12-13-4-2-1-3-5-13)10-11-19-30(27,28)15-8-6-14(7-9-15)23(25)26/h1-9,19H,10-12H2,(H,20,22,24). The molecule has 0 aliphatic rings. The number of rotatable bonds is 9. The molecule has 0 aliphatic carbocycles. The quantitative estimate of drug-likeness (QED) is 0.378. The van der Waals surface area contributed by atoms with Crippen molar-refractivity contribution in [2.45, 2.75) is 17.7 Å². The molecule has 0 saturated carbocycles. The van der Waals surface area contributed by atoms with Crippen LogP contribution in [0, 0.1) is 10.1 Å². The lowest BCUT2D eigenvalue weighted by Crippen LogP contribution is -2.27. The largest absolute Gasteiger partial charge is 0.300 e. The molecule has 1 aromatic heterocycles. The van der Waals surface area contributed by atoms with E-state index in [2.05, 4.69) is 20.2 Å². The third-order valence-corrected chi connectivity index (χ3v) is 6.23. The normalized spacial score (nSPS) is 11.2. The van der Waals surface area contributed by atoms with Crippen LogP contribution in [0.2, 0.25) is 0 Å². The molecule has 2 N–H and O–H groups in total. The van der Waals surface area contributed by atoms with Gasteiger partial charge in [0.15, 0.2) is 0 Å². The van der Waals surface area contributed by atoms with Crippen molar-refractivity contribution >= 4 is 38.1 Å². The molecule has 30 heavy (non-hydrogen) atoms. The Labute approximate surface area is 176 Å². The van der Waals surface area contributed by atoms with Gasteiger partial charge in [-0.25, -0.2) is 13.1 Å². The molecule has 1 heterocycles. The number of carbonyl (C=O) groups excluding carboxylic acids is 1. The monoisotopic (exact) mass is 447 g/mol. The van der Waals surface area contributed by atoms with Gasteiger partial charge >= 0.3 is 0 Å². The summed E-state index contributed by atoms with van der Waals surface area (Å²) in [6.45, 7) is -0.138. The van der Waals surface area contributed by atoms with Crippen LogP contribution in [0.15, 0.2) is 59.5 Å². The number of non-ortho nitro benzene ring substituents is 1. The van der Waals surface area contributed by atoms with Crippen molar-refractivity contribution in [3.8, 4) is 0 Å². The molecule has 0 aliphatic heterocycles. The first-order chi connectivity index (χ1) is 14.3. The zero-order valence-corrected chi connectivity index (χ0v) is 17.1. The summed E-state index contributed by atoms with van der Waals surface area (Å²) in [4.78, 5) is 21.9. The van der Waals surface area contributed by atoms with Crippen LogP contribution in [-0.4, -0.2) is 36.0 Å². The fourth-order valence-electron chi connectivity index (χ4n) is 2.46. The Balaban J connectivity index is 1.48. The van der Waals surface area contributed by atoms with Crippen molar-refractivity contribution in [3.63, 3.8) is 0 Å². The molecule has 12 heteroatoms. The molecule has 2 aromatic carbocycles. The van der Waals surface area contributed by atoms with Gasteiger partial charge in [-0.15, -0.1) is 10.2 Å². The summed E-state index contributed by atoms with van der Waals surface area (Å²) < 4.78 is 26.7. The number of aromatic nitrogens is 2. The van der Waals surface area contributed by atoms with Gasteiger partial charge in [-0.1, -0.05) is 41.7 Å². The van der Waals surface area contributed by atoms with Gasteiger partial charge < -0.3 is 5.32 Å². The van der Waals surface area contributed by atoms with Gasteiger partial charge in [0.25, 0.3) is 5.69 Å². The number of nitro groups is 1. The molecule has 0 atom stereocenters. The number of nitrogens with one attached hydrogen (secondary N) is 2. The van der Waals surface area contributed by atoms with Crippen molar-refractivity contribution in [1.82, 2.24) is 14.9 Å². The topological polar surface area (TPSA) is 144 Å². The Morgan fingerprint density at radius 1 is 1.07 bits per heavy atom. The number of sulfonamides is 1. The fraction of sp³-hybridized carbons (Fsp3) is 0.167. The van der Waals surface area contributed by atoms with Crippen LogP contribution >= 0.6 is 11.3 Å². The van der Waals surface area contributed by atoms with Crippen LogP contribution in [0.5, 0.6) is 0 Å². The van der Waals surface area contributed by atoms with Gasteiger partial charge in [0.2, 0.25) is 21.1 Å². The molecule has 1 amide bonds. The Hall–Kier alpha value is -3.22. The number of hydrogen-bond donors (Lipinski definition) is 2. The second-order valence-corrected chi connectivity index (χ2v) is 8.94. The summed E-state index contributed by atoms with van der Waals surface area (Å²) >= 11 is 1.25. The Morgan fingerprint density at radius 2 is 1.77 bits per heavy atom. The summed E-state index contributed by atoms with van der Waals surface area (Å²) in [6.07, 6.45) is 0.489. The second-order valence-electron chi connectivity index (χ2n) is 6.11. The smallest absolute Gasteiger partial charge is 0.269 e. The summed E-state index contributed by atoms with van der Waals surface area (Å²) in [7, 11) is -3.88. The third-order valence-electron chi connectivity index (χ3n) is 3.91. The number of amides is 1. The molecule has 3 rings (SSSR count). The molecule has 0 bridgehead atoms. The maximum absolute atomic E-state index is 12.2. The van der Waals surface area contributed by atoms with Crippen LogP contribution in [0.4, 0.5) is 10.8 Å². The molecule has 0 unspecified atom stereocenters. The Kier molecular flexibility index (Phi) is 6.82. The van der Waals surface area contributed by atoms with Gasteiger partial charge in [-0.05, 0) is 17.7 Å². The Bertz CT molecular complexity index is 1130. The lowest BCUT2D eigenvalue weighted by molar-refractivity contribution is -0.384. The fourth-order valence-corrected chi connectivity index (χ4v) is 4.28. The SMILES string of the molecule is O=C(CCNS(=O)(=O)c1ccc([N+](=O)[O-])cc1)Nc1nnc(Cc2ccccc2)s1. The first-order valence-electron chi connectivity index (χ1n) is 8.74.